The quantitative estimate of drug-likeness (QED) is 0.913. The van der Waals surface area contributed by atoms with Crippen LogP contribution in [0, 0.1) is 5.82 Å². The van der Waals surface area contributed by atoms with Crippen molar-refractivity contribution in [3.63, 3.8) is 0 Å². The monoisotopic (exact) mass is 290 g/mol. The topological polar surface area (TPSA) is 15.3 Å². The van der Waals surface area contributed by atoms with Gasteiger partial charge in [0.15, 0.2) is 0 Å². The fourth-order valence-electron chi connectivity index (χ4n) is 2.41. The molecule has 0 saturated carbocycles. The molecule has 1 N–H and O–H groups in total. The highest BCUT2D eigenvalue weighted by atomic mass is 35.5. The first-order valence-corrected chi connectivity index (χ1v) is 6.88. The van der Waals surface area contributed by atoms with Crippen LogP contribution in [0.5, 0.6) is 0 Å². The third-order valence-corrected chi connectivity index (χ3v) is 3.63. The molecule has 1 aliphatic heterocycles. The molecule has 0 aromatic heterocycles. The van der Waals surface area contributed by atoms with Crippen molar-refractivity contribution in [3.05, 3.63) is 28.0 Å². The third kappa shape index (κ3) is 3.08. The van der Waals surface area contributed by atoms with Gasteiger partial charge in [-0.05, 0) is 18.6 Å². The number of hydrogen-bond donors (Lipinski definition) is 1. The maximum Gasteiger partial charge on any atom is 0.126 e. The Bertz CT molecular complexity index is 414. The molecule has 1 fully saturated rings. The smallest absolute Gasteiger partial charge is 0.126 e. The van der Waals surface area contributed by atoms with Crippen LogP contribution in [-0.2, 0) is 0 Å². The van der Waals surface area contributed by atoms with E-state index >= 15 is 0 Å². The molecule has 2 nitrogen and oxygen atoms in total. The van der Waals surface area contributed by atoms with Crippen LogP contribution in [0.3, 0.4) is 0 Å². The molecule has 1 unspecified atom stereocenters. The van der Waals surface area contributed by atoms with Crippen LogP contribution < -0.4 is 10.2 Å². The lowest BCUT2D eigenvalue weighted by Crippen LogP contribution is -2.37. The molecule has 0 amide bonds. The van der Waals surface area contributed by atoms with Crippen LogP contribution in [-0.4, -0.2) is 25.2 Å². The largest absolute Gasteiger partial charge is 0.367 e. The van der Waals surface area contributed by atoms with Crippen LogP contribution >= 0.6 is 23.2 Å². The van der Waals surface area contributed by atoms with Crippen LogP contribution in [0.15, 0.2) is 12.1 Å². The van der Waals surface area contributed by atoms with Gasteiger partial charge in [0.2, 0.25) is 0 Å². The standard InChI is InChI=1S/C13H17Cl2FN2/c1-8(2)17-10-3-4-18(7-10)13-11(14)5-9(16)6-12(13)15/h5-6,8,10,17H,3-4,7H2,1-2H3. The molecule has 1 saturated heterocycles. The molecule has 0 aliphatic carbocycles. The molecule has 0 bridgehead atoms. The summed E-state index contributed by atoms with van der Waals surface area (Å²) >= 11 is 12.2. The van der Waals surface area contributed by atoms with Gasteiger partial charge in [-0.25, -0.2) is 4.39 Å². The minimum absolute atomic E-state index is 0.380. The van der Waals surface area contributed by atoms with Crippen LogP contribution in [0.25, 0.3) is 0 Å². The highest BCUT2D eigenvalue weighted by Crippen LogP contribution is 2.36. The maximum atomic E-state index is 13.1. The number of halogens is 3. The van der Waals surface area contributed by atoms with Crippen molar-refractivity contribution >= 4 is 28.9 Å². The Kier molecular flexibility index (Phi) is 4.36. The molecule has 0 spiro atoms. The van der Waals surface area contributed by atoms with E-state index in [0.717, 1.165) is 25.2 Å². The zero-order valence-electron chi connectivity index (χ0n) is 10.5. The fraction of sp³-hybridized carbons (Fsp3) is 0.538. The van der Waals surface area contributed by atoms with Gasteiger partial charge in [0.05, 0.1) is 15.7 Å². The van der Waals surface area contributed by atoms with Crippen molar-refractivity contribution in [1.82, 2.24) is 5.32 Å². The van der Waals surface area contributed by atoms with Gasteiger partial charge in [-0.15, -0.1) is 0 Å². The average Bonchev–Trinajstić information content (AvgIpc) is 2.63. The van der Waals surface area contributed by atoms with Crippen molar-refractivity contribution in [2.45, 2.75) is 32.4 Å². The Hall–Kier alpha value is -0.510. The summed E-state index contributed by atoms with van der Waals surface area (Å²) in [4.78, 5) is 2.12. The second kappa shape index (κ2) is 5.64. The van der Waals surface area contributed by atoms with Crippen molar-refractivity contribution in [3.8, 4) is 0 Å². The Morgan fingerprint density at radius 2 is 1.94 bits per heavy atom. The SMILES string of the molecule is CC(C)NC1CCN(c2c(Cl)cc(F)cc2Cl)C1. The third-order valence-electron chi connectivity index (χ3n) is 3.06. The predicted octanol–water partition coefficient (Wildman–Crippen LogP) is 3.71. The molecule has 1 aromatic rings. The lowest BCUT2D eigenvalue weighted by Gasteiger charge is -2.22. The van der Waals surface area contributed by atoms with Crippen molar-refractivity contribution < 1.29 is 4.39 Å². The van der Waals surface area contributed by atoms with E-state index in [-0.39, 0.29) is 0 Å². The number of nitrogens with zero attached hydrogens (tertiary/aromatic N) is 1. The normalized spacial score (nSPS) is 19.9. The van der Waals surface area contributed by atoms with E-state index in [1.54, 1.807) is 0 Å². The maximum absolute atomic E-state index is 13.1. The lowest BCUT2D eigenvalue weighted by atomic mass is 10.2. The lowest BCUT2D eigenvalue weighted by molar-refractivity contribution is 0.492. The van der Waals surface area contributed by atoms with Gasteiger partial charge in [-0.3, -0.25) is 0 Å². The molecular weight excluding hydrogens is 274 g/mol. The average molecular weight is 291 g/mol. The van der Waals surface area contributed by atoms with Gasteiger partial charge in [0, 0.05) is 25.2 Å². The van der Waals surface area contributed by atoms with Gasteiger partial charge < -0.3 is 10.2 Å². The molecule has 0 radical (unpaired) electrons. The molecule has 18 heavy (non-hydrogen) atoms. The van der Waals surface area contributed by atoms with E-state index in [0.29, 0.717) is 22.1 Å². The molecule has 5 heteroatoms. The van der Waals surface area contributed by atoms with E-state index in [1.165, 1.54) is 12.1 Å². The first-order chi connectivity index (χ1) is 8.47. The van der Waals surface area contributed by atoms with Gasteiger partial charge in [-0.1, -0.05) is 37.0 Å². The number of benzene rings is 1. The van der Waals surface area contributed by atoms with E-state index in [4.69, 9.17) is 23.2 Å². The zero-order valence-corrected chi connectivity index (χ0v) is 12.0. The summed E-state index contributed by atoms with van der Waals surface area (Å²) in [7, 11) is 0. The summed E-state index contributed by atoms with van der Waals surface area (Å²) in [5.41, 5.74) is 0.743. The van der Waals surface area contributed by atoms with Crippen LogP contribution in [0.1, 0.15) is 20.3 Å². The summed E-state index contributed by atoms with van der Waals surface area (Å²) in [5.74, 6) is -0.398. The Labute approximate surface area is 117 Å². The van der Waals surface area contributed by atoms with E-state index < -0.39 is 5.82 Å². The summed E-state index contributed by atoms with van der Waals surface area (Å²) in [6, 6.07) is 3.51. The number of nitrogens with one attached hydrogen (secondary N) is 1. The van der Waals surface area contributed by atoms with Gasteiger partial charge in [-0.2, -0.15) is 0 Å². The highest BCUT2D eigenvalue weighted by Gasteiger charge is 2.26. The molecule has 1 aliphatic rings. The number of rotatable bonds is 3. The first kappa shape index (κ1) is 13.9. The Morgan fingerprint density at radius 3 is 2.50 bits per heavy atom. The minimum atomic E-state index is -0.398. The minimum Gasteiger partial charge on any atom is -0.367 e. The van der Waals surface area contributed by atoms with E-state index in [1.807, 2.05) is 0 Å². The molecule has 2 rings (SSSR count). The van der Waals surface area contributed by atoms with E-state index in [9.17, 15) is 4.39 Å². The van der Waals surface area contributed by atoms with Gasteiger partial charge >= 0.3 is 0 Å². The summed E-state index contributed by atoms with van der Waals surface area (Å²) in [6.07, 6.45) is 1.04. The summed E-state index contributed by atoms with van der Waals surface area (Å²) < 4.78 is 13.1. The molecule has 1 aromatic carbocycles. The van der Waals surface area contributed by atoms with Gasteiger partial charge in [0.1, 0.15) is 5.82 Å². The second-order valence-electron chi connectivity index (χ2n) is 4.97. The van der Waals surface area contributed by atoms with Crippen LogP contribution in [0.4, 0.5) is 10.1 Å². The zero-order chi connectivity index (χ0) is 13.3. The molecular formula is C13H17Cl2FN2. The van der Waals surface area contributed by atoms with E-state index in [2.05, 4.69) is 24.1 Å². The molecule has 1 atom stereocenters. The second-order valence-corrected chi connectivity index (χ2v) is 5.79. The van der Waals surface area contributed by atoms with Gasteiger partial charge in [0.25, 0.3) is 0 Å². The van der Waals surface area contributed by atoms with Crippen molar-refractivity contribution in [2.24, 2.45) is 0 Å². The van der Waals surface area contributed by atoms with Crippen molar-refractivity contribution in [2.75, 3.05) is 18.0 Å². The fourth-order valence-corrected chi connectivity index (χ4v) is 3.11. The number of hydrogen-bond acceptors (Lipinski definition) is 2. The summed E-state index contributed by atoms with van der Waals surface area (Å²) in [5, 5.41) is 4.25. The summed E-state index contributed by atoms with van der Waals surface area (Å²) in [6.45, 7) is 5.99. The Morgan fingerprint density at radius 1 is 1.33 bits per heavy atom. The predicted molar refractivity (Wildman–Crippen MR) is 75.3 cm³/mol. The highest BCUT2D eigenvalue weighted by molar-refractivity contribution is 6.39. The first-order valence-electron chi connectivity index (χ1n) is 6.13. The molecule has 1 heterocycles. The number of anilines is 1. The molecule has 100 valence electrons. The Balaban J connectivity index is 2.14. The van der Waals surface area contributed by atoms with Crippen molar-refractivity contribution in [1.29, 1.82) is 0 Å². The van der Waals surface area contributed by atoms with Crippen LogP contribution in [0.2, 0.25) is 10.0 Å².